The molecule has 1 heterocycles. The van der Waals surface area contributed by atoms with Gasteiger partial charge in [-0.3, -0.25) is 0 Å². The van der Waals surface area contributed by atoms with E-state index in [1.165, 1.54) is 6.07 Å². The molecular formula is C11H8F2N2. The average Bonchev–Trinajstić information content (AvgIpc) is 2.20. The Bertz CT molecular complexity index is 498. The second-order valence-electron chi connectivity index (χ2n) is 3.06. The predicted octanol–water partition coefficient (Wildman–Crippen LogP) is 2.61. The fraction of sp³-hybridized carbons (Fsp3) is 0. The number of nitrogens with zero attached hydrogens (tertiary/aromatic N) is 1. The van der Waals surface area contributed by atoms with Crippen LogP contribution in [0.2, 0.25) is 0 Å². The van der Waals surface area contributed by atoms with E-state index in [0.29, 0.717) is 11.3 Å². The van der Waals surface area contributed by atoms with Crippen LogP contribution in [0.1, 0.15) is 0 Å². The highest BCUT2D eigenvalue weighted by molar-refractivity contribution is 5.75. The van der Waals surface area contributed by atoms with Gasteiger partial charge in [0.25, 0.3) is 0 Å². The Morgan fingerprint density at radius 1 is 0.933 bits per heavy atom. The Morgan fingerprint density at radius 3 is 2.33 bits per heavy atom. The van der Waals surface area contributed by atoms with Crippen molar-refractivity contribution in [1.82, 2.24) is 4.98 Å². The number of hydrogen-bond donors (Lipinski definition) is 1. The van der Waals surface area contributed by atoms with Gasteiger partial charge in [0, 0.05) is 16.8 Å². The van der Waals surface area contributed by atoms with Crippen molar-refractivity contribution in [3.8, 4) is 11.1 Å². The smallest absolute Gasteiger partial charge is 0.223 e. The molecule has 0 saturated heterocycles. The van der Waals surface area contributed by atoms with E-state index in [0.717, 1.165) is 6.07 Å². The largest absolute Gasteiger partial charge is 0.398 e. The van der Waals surface area contributed by atoms with Gasteiger partial charge < -0.3 is 5.73 Å². The molecule has 1 aromatic heterocycles. The molecule has 76 valence electrons. The quantitative estimate of drug-likeness (QED) is 0.575. The molecule has 0 spiro atoms. The van der Waals surface area contributed by atoms with Crippen molar-refractivity contribution < 1.29 is 8.78 Å². The summed E-state index contributed by atoms with van der Waals surface area (Å²) >= 11 is 0. The maximum absolute atomic E-state index is 13.3. The third-order valence-electron chi connectivity index (χ3n) is 2.07. The third-order valence-corrected chi connectivity index (χ3v) is 2.07. The van der Waals surface area contributed by atoms with Gasteiger partial charge in [0.15, 0.2) is 0 Å². The Morgan fingerprint density at radius 2 is 1.67 bits per heavy atom. The Labute approximate surface area is 85.4 Å². The van der Waals surface area contributed by atoms with Crippen LogP contribution in [0.15, 0.2) is 36.4 Å². The van der Waals surface area contributed by atoms with Gasteiger partial charge in [-0.15, -0.1) is 0 Å². The van der Waals surface area contributed by atoms with Gasteiger partial charge in [-0.05, 0) is 18.2 Å². The van der Waals surface area contributed by atoms with Crippen molar-refractivity contribution in [2.75, 3.05) is 5.73 Å². The van der Waals surface area contributed by atoms with Gasteiger partial charge in [-0.1, -0.05) is 18.2 Å². The van der Waals surface area contributed by atoms with Crippen LogP contribution in [-0.4, -0.2) is 4.98 Å². The summed E-state index contributed by atoms with van der Waals surface area (Å²) in [7, 11) is 0. The molecular weight excluding hydrogens is 198 g/mol. The molecule has 0 aliphatic heterocycles. The molecule has 0 aliphatic rings. The zero-order valence-corrected chi connectivity index (χ0v) is 7.74. The number of nitrogens with two attached hydrogens (primary N) is 1. The minimum absolute atomic E-state index is 0.203. The van der Waals surface area contributed by atoms with Crippen molar-refractivity contribution in [3.63, 3.8) is 0 Å². The van der Waals surface area contributed by atoms with E-state index < -0.39 is 11.9 Å². The molecule has 0 saturated carbocycles. The van der Waals surface area contributed by atoms with Crippen LogP contribution in [0.5, 0.6) is 0 Å². The summed E-state index contributed by atoms with van der Waals surface area (Å²) in [6.07, 6.45) is 0. The van der Waals surface area contributed by atoms with Gasteiger partial charge in [-0.2, -0.15) is 13.8 Å². The topological polar surface area (TPSA) is 38.9 Å². The number of anilines is 1. The highest BCUT2D eigenvalue weighted by Gasteiger charge is 2.09. The van der Waals surface area contributed by atoms with Crippen LogP contribution in [0.4, 0.5) is 14.5 Å². The lowest BCUT2D eigenvalue weighted by Crippen LogP contribution is -1.95. The predicted molar refractivity (Wildman–Crippen MR) is 54.0 cm³/mol. The molecule has 0 bridgehead atoms. The van der Waals surface area contributed by atoms with E-state index in [-0.39, 0.29) is 5.56 Å². The van der Waals surface area contributed by atoms with Gasteiger partial charge >= 0.3 is 0 Å². The van der Waals surface area contributed by atoms with E-state index >= 15 is 0 Å². The van der Waals surface area contributed by atoms with Crippen molar-refractivity contribution in [1.29, 1.82) is 0 Å². The van der Waals surface area contributed by atoms with Crippen LogP contribution in [-0.2, 0) is 0 Å². The molecule has 2 rings (SSSR count). The van der Waals surface area contributed by atoms with E-state index in [9.17, 15) is 8.78 Å². The summed E-state index contributed by atoms with van der Waals surface area (Å²) in [4.78, 5) is 3.10. The van der Waals surface area contributed by atoms with Gasteiger partial charge in [-0.25, -0.2) is 0 Å². The molecule has 2 aromatic rings. The number of aromatic nitrogens is 1. The maximum atomic E-state index is 13.3. The highest BCUT2D eigenvalue weighted by Crippen LogP contribution is 2.26. The number of rotatable bonds is 1. The number of benzene rings is 1. The van der Waals surface area contributed by atoms with Crippen LogP contribution in [0, 0.1) is 11.9 Å². The van der Waals surface area contributed by atoms with Gasteiger partial charge in [0.1, 0.15) is 0 Å². The number of hydrogen-bond acceptors (Lipinski definition) is 2. The average molecular weight is 206 g/mol. The molecule has 0 radical (unpaired) electrons. The van der Waals surface area contributed by atoms with Crippen LogP contribution < -0.4 is 5.73 Å². The van der Waals surface area contributed by atoms with Gasteiger partial charge in [0.05, 0.1) is 0 Å². The number of pyridine rings is 1. The van der Waals surface area contributed by atoms with Crippen molar-refractivity contribution in [2.24, 2.45) is 0 Å². The minimum atomic E-state index is -0.854. The van der Waals surface area contributed by atoms with Crippen LogP contribution >= 0.6 is 0 Å². The van der Waals surface area contributed by atoms with E-state index in [1.54, 1.807) is 24.3 Å². The molecule has 0 unspecified atom stereocenters. The van der Waals surface area contributed by atoms with Crippen LogP contribution in [0.3, 0.4) is 0 Å². The molecule has 0 aliphatic carbocycles. The van der Waals surface area contributed by atoms with E-state index in [2.05, 4.69) is 4.98 Å². The number of halogens is 2. The Balaban J connectivity index is 2.60. The summed E-state index contributed by atoms with van der Waals surface area (Å²) in [5.74, 6) is -1.70. The monoisotopic (exact) mass is 206 g/mol. The maximum Gasteiger partial charge on any atom is 0.223 e. The second kappa shape index (κ2) is 3.65. The number of para-hydroxylation sites is 1. The summed E-state index contributed by atoms with van der Waals surface area (Å²) in [5.41, 5.74) is 6.83. The first-order chi connectivity index (χ1) is 7.18. The first kappa shape index (κ1) is 9.58. The molecule has 1 aromatic carbocycles. The molecule has 2 N–H and O–H groups in total. The van der Waals surface area contributed by atoms with Crippen molar-refractivity contribution in [3.05, 3.63) is 48.3 Å². The Hall–Kier alpha value is -1.97. The number of nitrogen functional groups attached to an aromatic ring is 1. The first-order valence-electron chi connectivity index (χ1n) is 4.35. The van der Waals surface area contributed by atoms with E-state index in [1.807, 2.05) is 0 Å². The first-order valence-corrected chi connectivity index (χ1v) is 4.35. The van der Waals surface area contributed by atoms with Crippen LogP contribution in [0.25, 0.3) is 11.1 Å². The normalized spacial score (nSPS) is 10.3. The standard InChI is InChI=1S/C11H8F2N2/c12-10-6-5-8(11(13)15-10)7-3-1-2-4-9(7)14/h1-6H,14H2. The fourth-order valence-corrected chi connectivity index (χ4v) is 1.36. The molecule has 15 heavy (non-hydrogen) atoms. The fourth-order valence-electron chi connectivity index (χ4n) is 1.36. The zero-order chi connectivity index (χ0) is 10.8. The lowest BCUT2D eigenvalue weighted by molar-refractivity contribution is 0.515. The highest BCUT2D eigenvalue weighted by atomic mass is 19.1. The second-order valence-corrected chi connectivity index (χ2v) is 3.06. The lowest BCUT2D eigenvalue weighted by atomic mass is 10.1. The summed E-state index contributed by atoms with van der Waals surface area (Å²) < 4.78 is 25.9. The molecule has 0 amide bonds. The summed E-state index contributed by atoms with van der Waals surface area (Å²) in [6, 6.07) is 9.21. The SMILES string of the molecule is Nc1ccccc1-c1ccc(F)nc1F. The van der Waals surface area contributed by atoms with Crippen molar-refractivity contribution >= 4 is 5.69 Å². The summed E-state index contributed by atoms with van der Waals surface area (Å²) in [5, 5.41) is 0. The molecule has 0 fully saturated rings. The minimum Gasteiger partial charge on any atom is -0.398 e. The van der Waals surface area contributed by atoms with E-state index in [4.69, 9.17) is 5.73 Å². The lowest BCUT2D eigenvalue weighted by Gasteiger charge is -2.05. The Kier molecular flexibility index (Phi) is 2.33. The third kappa shape index (κ3) is 1.79. The molecule has 2 nitrogen and oxygen atoms in total. The molecule has 4 heteroatoms. The zero-order valence-electron chi connectivity index (χ0n) is 7.74. The van der Waals surface area contributed by atoms with Crippen molar-refractivity contribution in [2.45, 2.75) is 0 Å². The van der Waals surface area contributed by atoms with Gasteiger partial charge in [0.2, 0.25) is 11.9 Å². The summed E-state index contributed by atoms with van der Waals surface area (Å²) in [6.45, 7) is 0. The molecule has 0 atom stereocenters.